The Morgan fingerprint density at radius 3 is 2.58 bits per heavy atom. The van der Waals surface area contributed by atoms with E-state index in [-0.39, 0.29) is 5.54 Å². The summed E-state index contributed by atoms with van der Waals surface area (Å²) in [5, 5.41) is 7.40. The highest BCUT2D eigenvalue weighted by atomic mass is 15.2. The summed E-state index contributed by atoms with van der Waals surface area (Å²) >= 11 is 0. The van der Waals surface area contributed by atoms with Crippen LogP contribution in [-0.2, 0) is 0 Å². The minimum atomic E-state index is -0.0247. The molecule has 0 saturated heterocycles. The molecule has 24 heavy (non-hydrogen) atoms. The zero-order valence-corrected chi connectivity index (χ0v) is 14.4. The van der Waals surface area contributed by atoms with Gasteiger partial charge in [-0.2, -0.15) is 0 Å². The van der Waals surface area contributed by atoms with Crippen molar-refractivity contribution in [1.82, 2.24) is 0 Å². The van der Waals surface area contributed by atoms with Gasteiger partial charge >= 0.3 is 0 Å². The van der Waals surface area contributed by atoms with Gasteiger partial charge in [-0.05, 0) is 37.0 Å². The summed E-state index contributed by atoms with van der Waals surface area (Å²) in [5.74, 6) is 1.10. The molecular formula is C21H27N3. The van der Waals surface area contributed by atoms with Crippen molar-refractivity contribution in [3.05, 3.63) is 61.2 Å². The fourth-order valence-electron chi connectivity index (χ4n) is 3.67. The number of aliphatic imine (C=N–C) groups is 1. The smallest absolute Gasteiger partial charge is 0.127 e. The van der Waals surface area contributed by atoms with E-state index in [0.29, 0.717) is 0 Å². The van der Waals surface area contributed by atoms with Crippen molar-refractivity contribution in [2.45, 2.75) is 44.1 Å². The Hall–Kier alpha value is -2.29. The molecule has 2 aliphatic rings. The van der Waals surface area contributed by atoms with Gasteiger partial charge in [0.2, 0.25) is 0 Å². The minimum absolute atomic E-state index is 0.0247. The van der Waals surface area contributed by atoms with E-state index in [2.05, 4.69) is 48.1 Å². The summed E-state index contributed by atoms with van der Waals surface area (Å²) in [4.78, 5) is 4.95. The van der Waals surface area contributed by atoms with Crippen LogP contribution in [0.1, 0.15) is 38.5 Å². The van der Waals surface area contributed by atoms with Gasteiger partial charge in [0.1, 0.15) is 5.84 Å². The van der Waals surface area contributed by atoms with Crippen molar-refractivity contribution in [2.75, 3.05) is 17.2 Å². The largest absolute Gasteiger partial charge is 0.371 e. The maximum atomic E-state index is 4.95. The Kier molecular flexibility index (Phi) is 5.19. The highest BCUT2D eigenvalue weighted by Gasteiger charge is 2.40. The Morgan fingerprint density at radius 2 is 1.88 bits per heavy atom. The van der Waals surface area contributed by atoms with E-state index in [9.17, 15) is 0 Å². The van der Waals surface area contributed by atoms with E-state index in [1.807, 2.05) is 18.2 Å². The highest BCUT2D eigenvalue weighted by molar-refractivity contribution is 6.09. The molecule has 1 aliphatic heterocycles. The fraction of sp³-hybridized carbons (Fsp3) is 0.381. The second kappa shape index (κ2) is 7.52. The number of rotatable bonds is 5. The van der Waals surface area contributed by atoms with Crippen molar-refractivity contribution < 1.29 is 0 Å². The van der Waals surface area contributed by atoms with Crippen LogP contribution in [0.3, 0.4) is 0 Å². The minimum Gasteiger partial charge on any atom is -0.371 e. The summed E-state index contributed by atoms with van der Waals surface area (Å²) in [7, 11) is 0. The second-order valence-corrected chi connectivity index (χ2v) is 6.60. The van der Waals surface area contributed by atoms with Gasteiger partial charge in [0.05, 0.1) is 16.9 Å². The number of hydrogen-bond donors (Lipinski definition) is 2. The summed E-state index contributed by atoms with van der Waals surface area (Å²) in [6.07, 6.45) is 12.7. The van der Waals surface area contributed by atoms with Crippen LogP contribution < -0.4 is 10.6 Å². The molecule has 0 unspecified atom stereocenters. The van der Waals surface area contributed by atoms with E-state index in [0.717, 1.165) is 37.3 Å². The van der Waals surface area contributed by atoms with Gasteiger partial charge in [-0.15, -0.1) is 0 Å². The third-order valence-electron chi connectivity index (χ3n) is 4.98. The molecule has 3 rings (SSSR count). The molecular weight excluding hydrogens is 294 g/mol. The molecule has 126 valence electrons. The molecule has 0 aromatic heterocycles. The van der Waals surface area contributed by atoms with Gasteiger partial charge in [-0.1, -0.05) is 62.8 Å². The molecule has 1 spiro atoms. The molecule has 1 heterocycles. The van der Waals surface area contributed by atoms with Crippen LogP contribution in [0.5, 0.6) is 0 Å². The van der Waals surface area contributed by atoms with E-state index in [1.54, 1.807) is 0 Å². The third-order valence-corrected chi connectivity index (χ3v) is 4.98. The molecule has 0 amide bonds. The number of para-hydroxylation sites is 2. The van der Waals surface area contributed by atoms with Crippen molar-refractivity contribution in [3.63, 3.8) is 0 Å². The molecule has 1 fully saturated rings. The lowest BCUT2D eigenvalue weighted by Crippen LogP contribution is -2.53. The predicted molar refractivity (Wildman–Crippen MR) is 105 cm³/mol. The molecule has 1 aromatic carbocycles. The van der Waals surface area contributed by atoms with Gasteiger partial charge in [-0.3, -0.25) is 4.99 Å². The number of anilines is 2. The summed E-state index contributed by atoms with van der Waals surface area (Å²) in [5.41, 5.74) is 3.47. The molecule has 0 atom stereocenters. The molecule has 3 heteroatoms. The summed E-state index contributed by atoms with van der Waals surface area (Å²) < 4.78 is 0. The maximum absolute atomic E-state index is 4.95. The number of amidine groups is 1. The highest BCUT2D eigenvalue weighted by Crippen LogP contribution is 2.39. The van der Waals surface area contributed by atoms with Crippen LogP contribution in [0.15, 0.2) is 66.2 Å². The molecule has 3 nitrogen and oxygen atoms in total. The van der Waals surface area contributed by atoms with E-state index < -0.39 is 0 Å². The standard InChI is InChI=1S/C21H27N3/c1-3-10-17(4-2)13-16-22-20-21(14-8-5-9-15-21)24-19-12-7-6-11-18(19)23-20/h3-4,6-7,10-12,24H,1-2,5,8-9,13-16H2,(H,22,23)/b17-10+. The van der Waals surface area contributed by atoms with E-state index in [1.165, 1.54) is 30.5 Å². The fourth-order valence-corrected chi connectivity index (χ4v) is 3.67. The Balaban J connectivity index is 1.83. The zero-order chi connectivity index (χ0) is 16.8. The quantitative estimate of drug-likeness (QED) is 0.721. The van der Waals surface area contributed by atoms with Gasteiger partial charge in [-0.25, -0.2) is 0 Å². The van der Waals surface area contributed by atoms with E-state index in [4.69, 9.17) is 4.99 Å². The van der Waals surface area contributed by atoms with Crippen LogP contribution in [0, 0.1) is 0 Å². The van der Waals surface area contributed by atoms with Gasteiger partial charge in [0.25, 0.3) is 0 Å². The zero-order valence-electron chi connectivity index (χ0n) is 14.4. The molecule has 1 aliphatic carbocycles. The van der Waals surface area contributed by atoms with Crippen LogP contribution in [-0.4, -0.2) is 17.9 Å². The van der Waals surface area contributed by atoms with Crippen molar-refractivity contribution in [3.8, 4) is 0 Å². The topological polar surface area (TPSA) is 36.4 Å². The van der Waals surface area contributed by atoms with Crippen LogP contribution in [0.25, 0.3) is 0 Å². The molecule has 2 N–H and O–H groups in total. The average molecular weight is 321 g/mol. The first-order chi connectivity index (χ1) is 11.8. The van der Waals surface area contributed by atoms with Crippen molar-refractivity contribution in [1.29, 1.82) is 0 Å². The molecule has 1 saturated carbocycles. The lowest BCUT2D eigenvalue weighted by Gasteiger charge is -2.44. The summed E-state index contributed by atoms with van der Waals surface area (Å²) in [6.45, 7) is 8.39. The Morgan fingerprint density at radius 1 is 1.12 bits per heavy atom. The van der Waals surface area contributed by atoms with Crippen LogP contribution >= 0.6 is 0 Å². The third kappa shape index (κ3) is 3.45. The monoisotopic (exact) mass is 321 g/mol. The second-order valence-electron chi connectivity index (χ2n) is 6.60. The van der Waals surface area contributed by atoms with Gasteiger partial charge in [0.15, 0.2) is 0 Å². The number of fused-ring (bicyclic) bond motifs is 1. The van der Waals surface area contributed by atoms with E-state index >= 15 is 0 Å². The molecule has 1 aromatic rings. The average Bonchev–Trinajstić information content (AvgIpc) is 2.62. The first kappa shape index (κ1) is 16.6. The Bertz CT molecular complexity index is 663. The SMILES string of the molecule is C=C/C=C(\C=C)CCN=C1Nc2ccccc2NC12CCCCC2. The predicted octanol–water partition coefficient (Wildman–Crippen LogP) is 5.31. The number of allylic oxidation sites excluding steroid dienone is 3. The number of nitrogens with zero attached hydrogens (tertiary/aromatic N) is 1. The van der Waals surface area contributed by atoms with Gasteiger partial charge in [0, 0.05) is 6.54 Å². The molecule has 0 radical (unpaired) electrons. The van der Waals surface area contributed by atoms with Crippen molar-refractivity contribution >= 4 is 17.2 Å². The Labute approximate surface area is 145 Å². The number of hydrogen-bond acceptors (Lipinski definition) is 2. The maximum Gasteiger partial charge on any atom is 0.127 e. The first-order valence-corrected chi connectivity index (χ1v) is 8.91. The number of benzene rings is 1. The van der Waals surface area contributed by atoms with Crippen molar-refractivity contribution in [2.24, 2.45) is 4.99 Å². The van der Waals surface area contributed by atoms with Gasteiger partial charge < -0.3 is 10.6 Å². The normalized spacial score (nSPS) is 20.8. The first-order valence-electron chi connectivity index (χ1n) is 8.91. The van der Waals surface area contributed by atoms with Crippen LogP contribution in [0.4, 0.5) is 11.4 Å². The molecule has 0 bridgehead atoms. The van der Waals surface area contributed by atoms with Crippen LogP contribution in [0.2, 0.25) is 0 Å². The lowest BCUT2D eigenvalue weighted by atomic mass is 9.79. The lowest BCUT2D eigenvalue weighted by molar-refractivity contribution is 0.403. The summed E-state index contributed by atoms with van der Waals surface area (Å²) in [6, 6.07) is 8.41. The number of nitrogens with one attached hydrogen (secondary N) is 2.